The summed E-state index contributed by atoms with van der Waals surface area (Å²) in [5.41, 5.74) is 2.40. The first-order valence-electron chi connectivity index (χ1n) is 4.77. The lowest BCUT2D eigenvalue weighted by molar-refractivity contribution is 0.112. The van der Waals surface area contributed by atoms with E-state index in [4.69, 9.17) is 4.74 Å². The fourth-order valence-corrected chi connectivity index (χ4v) is 1.39. The lowest BCUT2D eigenvalue weighted by atomic mass is 10.2. The first kappa shape index (κ1) is 10.9. The largest absolute Gasteiger partial charge is 0.380 e. The second-order valence-corrected chi connectivity index (χ2v) is 3.12. The van der Waals surface area contributed by atoms with Crippen LogP contribution in [0, 0.1) is 13.8 Å². The number of hydrogen-bond acceptors (Lipinski definition) is 3. The Balaban J connectivity index is 2.73. The molecule has 0 N–H and O–H groups in total. The molecular weight excluding hydrogens is 180 g/mol. The molecule has 78 valence electrons. The fourth-order valence-electron chi connectivity index (χ4n) is 1.39. The molecule has 0 fully saturated rings. The van der Waals surface area contributed by atoms with E-state index in [2.05, 4.69) is 5.10 Å². The summed E-state index contributed by atoms with van der Waals surface area (Å²) in [4.78, 5) is 10.7. The molecular formula is C10H16N2O2. The molecule has 0 saturated carbocycles. The average molecular weight is 196 g/mol. The van der Waals surface area contributed by atoms with E-state index in [9.17, 15) is 4.79 Å². The Labute approximate surface area is 83.9 Å². The second kappa shape index (κ2) is 4.91. The van der Waals surface area contributed by atoms with Crippen LogP contribution in [0.3, 0.4) is 0 Å². The van der Waals surface area contributed by atoms with Gasteiger partial charge in [0.05, 0.1) is 24.4 Å². The number of nitrogens with zero attached hydrogens (tertiary/aromatic N) is 2. The van der Waals surface area contributed by atoms with Gasteiger partial charge in [0.15, 0.2) is 6.29 Å². The third kappa shape index (κ3) is 2.20. The summed E-state index contributed by atoms with van der Waals surface area (Å²) in [5.74, 6) is 0. The summed E-state index contributed by atoms with van der Waals surface area (Å²) < 4.78 is 7.04. The van der Waals surface area contributed by atoms with Gasteiger partial charge in [0.25, 0.3) is 0 Å². The molecule has 0 radical (unpaired) electrons. The van der Waals surface area contributed by atoms with E-state index < -0.39 is 0 Å². The molecule has 1 aromatic heterocycles. The van der Waals surface area contributed by atoms with Crippen molar-refractivity contribution in [3.05, 3.63) is 17.0 Å². The van der Waals surface area contributed by atoms with Gasteiger partial charge in [-0.15, -0.1) is 0 Å². The van der Waals surface area contributed by atoms with E-state index in [1.807, 2.05) is 25.5 Å². The van der Waals surface area contributed by atoms with Gasteiger partial charge in [-0.25, -0.2) is 0 Å². The summed E-state index contributed by atoms with van der Waals surface area (Å²) in [5, 5.41) is 4.26. The smallest absolute Gasteiger partial charge is 0.153 e. The maximum atomic E-state index is 10.7. The number of aldehydes is 1. The van der Waals surface area contributed by atoms with E-state index in [1.165, 1.54) is 0 Å². The van der Waals surface area contributed by atoms with Crippen molar-refractivity contribution in [1.29, 1.82) is 0 Å². The second-order valence-electron chi connectivity index (χ2n) is 3.12. The minimum atomic E-state index is 0.636. The SMILES string of the molecule is CCOCCn1nc(C)c(C=O)c1C. The lowest BCUT2D eigenvalue weighted by Gasteiger charge is -2.03. The van der Waals surface area contributed by atoms with Crippen LogP contribution < -0.4 is 0 Å². The van der Waals surface area contributed by atoms with Crippen LogP contribution in [0.5, 0.6) is 0 Å². The van der Waals surface area contributed by atoms with E-state index in [1.54, 1.807) is 0 Å². The van der Waals surface area contributed by atoms with Gasteiger partial charge in [0.1, 0.15) is 0 Å². The molecule has 0 aliphatic carbocycles. The Hall–Kier alpha value is -1.16. The van der Waals surface area contributed by atoms with Gasteiger partial charge in [-0.1, -0.05) is 0 Å². The highest BCUT2D eigenvalue weighted by molar-refractivity contribution is 5.77. The van der Waals surface area contributed by atoms with E-state index in [0.717, 1.165) is 17.7 Å². The first-order valence-corrected chi connectivity index (χ1v) is 4.77. The first-order chi connectivity index (χ1) is 6.70. The minimum Gasteiger partial charge on any atom is -0.380 e. The molecule has 0 aromatic carbocycles. The lowest BCUT2D eigenvalue weighted by Crippen LogP contribution is -2.09. The minimum absolute atomic E-state index is 0.636. The maximum Gasteiger partial charge on any atom is 0.153 e. The zero-order chi connectivity index (χ0) is 10.6. The van der Waals surface area contributed by atoms with Crippen LogP contribution in [0.4, 0.5) is 0 Å². The van der Waals surface area contributed by atoms with Crippen LogP contribution in [0.15, 0.2) is 0 Å². The van der Waals surface area contributed by atoms with Crippen LogP contribution in [0.1, 0.15) is 28.7 Å². The van der Waals surface area contributed by atoms with Crippen molar-refractivity contribution in [1.82, 2.24) is 9.78 Å². The molecule has 0 aliphatic heterocycles. The zero-order valence-corrected chi connectivity index (χ0v) is 8.91. The molecule has 0 amide bonds. The number of ether oxygens (including phenoxy) is 1. The molecule has 0 saturated heterocycles. The van der Waals surface area contributed by atoms with Crippen LogP contribution in [-0.2, 0) is 11.3 Å². The predicted octanol–water partition coefficient (Wildman–Crippen LogP) is 1.35. The molecule has 0 unspecified atom stereocenters. The third-order valence-corrected chi connectivity index (χ3v) is 2.21. The number of aromatic nitrogens is 2. The van der Waals surface area contributed by atoms with Crippen molar-refractivity contribution in [3.8, 4) is 0 Å². The van der Waals surface area contributed by atoms with Crippen molar-refractivity contribution in [2.45, 2.75) is 27.3 Å². The van der Waals surface area contributed by atoms with Crippen LogP contribution in [0.2, 0.25) is 0 Å². The summed E-state index contributed by atoms with van der Waals surface area (Å²) in [6.45, 7) is 7.74. The van der Waals surface area contributed by atoms with E-state index in [-0.39, 0.29) is 0 Å². The molecule has 4 nitrogen and oxygen atoms in total. The van der Waals surface area contributed by atoms with Crippen LogP contribution in [-0.4, -0.2) is 29.3 Å². The molecule has 4 heteroatoms. The van der Waals surface area contributed by atoms with Crippen molar-refractivity contribution >= 4 is 6.29 Å². The molecule has 0 atom stereocenters. The van der Waals surface area contributed by atoms with Gasteiger partial charge >= 0.3 is 0 Å². The predicted molar refractivity (Wildman–Crippen MR) is 53.6 cm³/mol. The number of hydrogen-bond donors (Lipinski definition) is 0. The standard InChI is InChI=1S/C10H16N2O2/c1-4-14-6-5-12-9(3)10(7-13)8(2)11-12/h7H,4-6H2,1-3H3. The summed E-state index contributed by atoms with van der Waals surface area (Å²) in [6.07, 6.45) is 0.856. The highest BCUT2D eigenvalue weighted by Gasteiger charge is 2.09. The average Bonchev–Trinajstić information content (AvgIpc) is 2.42. The Morgan fingerprint density at radius 2 is 2.21 bits per heavy atom. The topological polar surface area (TPSA) is 44.1 Å². The summed E-state index contributed by atoms with van der Waals surface area (Å²) in [7, 11) is 0. The normalized spacial score (nSPS) is 10.5. The number of carbonyl (C=O) groups is 1. The van der Waals surface area contributed by atoms with Crippen LogP contribution >= 0.6 is 0 Å². The van der Waals surface area contributed by atoms with Gasteiger partial charge in [0, 0.05) is 12.3 Å². The van der Waals surface area contributed by atoms with Gasteiger partial charge in [-0.2, -0.15) is 5.10 Å². The number of aryl methyl sites for hydroxylation is 1. The molecule has 0 spiro atoms. The molecule has 0 bridgehead atoms. The van der Waals surface area contributed by atoms with E-state index in [0.29, 0.717) is 25.3 Å². The third-order valence-electron chi connectivity index (χ3n) is 2.21. The summed E-state index contributed by atoms with van der Waals surface area (Å²) in [6, 6.07) is 0. The fraction of sp³-hybridized carbons (Fsp3) is 0.600. The van der Waals surface area contributed by atoms with Crippen molar-refractivity contribution < 1.29 is 9.53 Å². The zero-order valence-electron chi connectivity index (χ0n) is 8.91. The Morgan fingerprint density at radius 3 is 2.71 bits per heavy atom. The van der Waals surface area contributed by atoms with Crippen molar-refractivity contribution in [2.24, 2.45) is 0 Å². The van der Waals surface area contributed by atoms with Crippen molar-refractivity contribution in [2.75, 3.05) is 13.2 Å². The van der Waals surface area contributed by atoms with Gasteiger partial charge in [-0.3, -0.25) is 9.48 Å². The molecule has 1 heterocycles. The summed E-state index contributed by atoms with van der Waals surface area (Å²) >= 11 is 0. The Kier molecular flexibility index (Phi) is 3.83. The van der Waals surface area contributed by atoms with Gasteiger partial charge < -0.3 is 4.74 Å². The quantitative estimate of drug-likeness (QED) is 0.527. The monoisotopic (exact) mass is 196 g/mol. The highest BCUT2D eigenvalue weighted by atomic mass is 16.5. The van der Waals surface area contributed by atoms with Crippen LogP contribution in [0.25, 0.3) is 0 Å². The number of rotatable bonds is 5. The molecule has 14 heavy (non-hydrogen) atoms. The molecule has 0 aliphatic rings. The maximum absolute atomic E-state index is 10.7. The van der Waals surface area contributed by atoms with Gasteiger partial charge in [-0.05, 0) is 20.8 Å². The van der Waals surface area contributed by atoms with Gasteiger partial charge in [0.2, 0.25) is 0 Å². The molecule has 1 aromatic rings. The number of carbonyl (C=O) groups excluding carboxylic acids is 1. The highest BCUT2D eigenvalue weighted by Crippen LogP contribution is 2.09. The molecule has 1 rings (SSSR count). The Morgan fingerprint density at radius 1 is 1.50 bits per heavy atom. The van der Waals surface area contributed by atoms with E-state index >= 15 is 0 Å². The van der Waals surface area contributed by atoms with Crippen molar-refractivity contribution in [3.63, 3.8) is 0 Å². The Bertz CT molecular complexity index is 318.